The summed E-state index contributed by atoms with van der Waals surface area (Å²) in [7, 11) is 1.28. The third kappa shape index (κ3) is 2.93. The monoisotopic (exact) mass is 278 g/mol. The maximum Gasteiger partial charge on any atom is 0.330 e. The van der Waals surface area contributed by atoms with E-state index in [-0.39, 0.29) is 0 Å². The fourth-order valence-corrected chi connectivity index (χ4v) is 1.66. The fraction of sp³-hybridized carbons (Fsp3) is 0.133. The summed E-state index contributed by atoms with van der Waals surface area (Å²) in [6.07, 6.45) is 1.29. The molecule has 1 heterocycles. The van der Waals surface area contributed by atoms with Crippen molar-refractivity contribution in [2.45, 2.75) is 6.92 Å². The van der Waals surface area contributed by atoms with Gasteiger partial charge >= 0.3 is 5.97 Å². The Morgan fingerprint density at radius 2 is 1.95 bits per heavy atom. The van der Waals surface area contributed by atoms with Crippen LogP contribution in [-0.2, 0) is 9.53 Å². The van der Waals surface area contributed by atoms with Gasteiger partial charge in [-0.25, -0.2) is 13.6 Å². The van der Waals surface area contributed by atoms with E-state index < -0.39 is 17.6 Å². The first-order valence-corrected chi connectivity index (χ1v) is 5.83. The molecule has 0 aliphatic heterocycles. The number of halogens is 2. The summed E-state index contributed by atoms with van der Waals surface area (Å²) in [5.41, 5.74) is 0.992. The van der Waals surface area contributed by atoms with Gasteiger partial charge in [0.2, 0.25) is 0 Å². The largest absolute Gasteiger partial charge is 0.466 e. The van der Waals surface area contributed by atoms with E-state index in [0.717, 1.165) is 12.1 Å². The maximum atomic E-state index is 13.2. The molecule has 1 aromatic heterocycles. The zero-order chi connectivity index (χ0) is 14.7. The summed E-state index contributed by atoms with van der Waals surface area (Å²) >= 11 is 0. The van der Waals surface area contributed by atoms with Crippen LogP contribution in [0.2, 0.25) is 0 Å². The van der Waals surface area contributed by atoms with Gasteiger partial charge in [-0.3, -0.25) is 0 Å². The van der Waals surface area contributed by atoms with Crippen LogP contribution in [0.4, 0.5) is 8.78 Å². The van der Waals surface area contributed by atoms with Crippen molar-refractivity contribution in [1.82, 2.24) is 0 Å². The topological polar surface area (TPSA) is 39.4 Å². The molecule has 5 heteroatoms. The summed E-state index contributed by atoms with van der Waals surface area (Å²) in [5.74, 6) is -1.51. The van der Waals surface area contributed by atoms with Crippen molar-refractivity contribution < 1.29 is 22.7 Å². The molecular weight excluding hydrogens is 266 g/mol. The smallest absolute Gasteiger partial charge is 0.330 e. The molecule has 2 aromatic rings. The van der Waals surface area contributed by atoms with Crippen molar-refractivity contribution in [3.8, 4) is 11.3 Å². The molecule has 1 aromatic carbocycles. The minimum Gasteiger partial charge on any atom is -0.466 e. The number of rotatable bonds is 3. The Bertz CT molecular complexity index is 672. The van der Waals surface area contributed by atoms with Gasteiger partial charge in [-0.1, -0.05) is 0 Å². The predicted molar refractivity (Wildman–Crippen MR) is 69.7 cm³/mol. The molecule has 0 aliphatic carbocycles. The Labute approximate surface area is 114 Å². The normalized spacial score (nSPS) is 11.5. The molecule has 0 N–H and O–H groups in total. The number of allylic oxidation sites excluding steroid dienone is 1. The Hall–Kier alpha value is -2.43. The summed E-state index contributed by atoms with van der Waals surface area (Å²) in [6.45, 7) is 1.69. The lowest BCUT2D eigenvalue weighted by molar-refractivity contribution is -0.134. The van der Waals surface area contributed by atoms with Crippen LogP contribution in [0.5, 0.6) is 0 Å². The second-order valence-corrected chi connectivity index (χ2v) is 4.14. The predicted octanol–water partition coefficient (Wildman–Crippen LogP) is 3.80. The summed E-state index contributed by atoms with van der Waals surface area (Å²) in [6, 6.07) is 6.77. The number of benzene rings is 1. The highest BCUT2D eigenvalue weighted by atomic mass is 19.2. The van der Waals surface area contributed by atoms with Crippen LogP contribution in [0.1, 0.15) is 12.7 Å². The highest BCUT2D eigenvalue weighted by molar-refractivity contribution is 5.90. The zero-order valence-electron chi connectivity index (χ0n) is 10.9. The van der Waals surface area contributed by atoms with Crippen molar-refractivity contribution in [1.29, 1.82) is 0 Å². The Morgan fingerprint density at radius 3 is 2.60 bits per heavy atom. The SMILES string of the molecule is COC(=O)/C=C(\C)c1ccc(-c2ccc(F)c(F)c2)o1. The van der Waals surface area contributed by atoms with Gasteiger partial charge in [0.15, 0.2) is 11.6 Å². The average molecular weight is 278 g/mol. The van der Waals surface area contributed by atoms with Gasteiger partial charge in [-0.05, 0) is 42.8 Å². The second-order valence-electron chi connectivity index (χ2n) is 4.14. The van der Waals surface area contributed by atoms with Crippen LogP contribution in [0.25, 0.3) is 16.9 Å². The lowest BCUT2D eigenvalue weighted by Gasteiger charge is -1.99. The lowest BCUT2D eigenvalue weighted by Crippen LogP contribution is -1.95. The van der Waals surface area contributed by atoms with Gasteiger partial charge in [0.05, 0.1) is 7.11 Å². The average Bonchev–Trinajstić information content (AvgIpc) is 2.91. The number of hydrogen-bond donors (Lipinski definition) is 0. The quantitative estimate of drug-likeness (QED) is 0.633. The zero-order valence-corrected chi connectivity index (χ0v) is 10.9. The van der Waals surface area contributed by atoms with E-state index in [1.54, 1.807) is 19.1 Å². The molecule has 2 rings (SSSR count). The molecule has 0 atom stereocenters. The number of esters is 1. The highest BCUT2D eigenvalue weighted by Crippen LogP contribution is 2.26. The number of carbonyl (C=O) groups is 1. The minimum atomic E-state index is -0.942. The molecule has 0 saturated carbocycles. The summed E-state index contributed by atoms with van der Waals surface area (Å²) < 4.78 is 36.0. The molecule has 0 radical (unpaired) electrons. The van der Waals surface area contributed by atoms with Gasteiger partial charge in [0.1, 0.15) is 11.5 Å². The number of methoxy groups -OCH3 is 1. The molecule has 0 aliphatic rings. The third-order valence-electron chi connectivity index (χ3n) is 2.73. The van der Waals surface area contributed by atoms with Crippen molar-refractivity contribution >= 4 is 11.5 Å². The second kappa shape index (κ2) is 5.69. The van der Waals surface area contributed by atoms with Crippen molar-refractivity contribution in [2.75, 3.05) is 7.11 Å². The van der Waals surface area contributed by atoms with Crippen LogP contribution in [0.15, 0.2) is 40.8 Å². The molecule has 104 valence electrons. The van der Waals surface area contributed by atoms with E-state index in [1.165, 1.54) is 19.3 Å². The summed E-state index contributed by atoms with van der Waals surface area (Å²) in [4.78, 5) is 11.1. The Morgan fingerprint density at radius 1 is 1.20 bits per heavy atom. The van der Waals surface area contributed by atoms with E-state index in [0.29, 0.717) is 22.7 Å². The number of ether oxygens (including phenoxy) is 1. The molecule has 0 saturated heterocycles. The van der Waals surface area contributed by atoms with E-state index in [4.69, 9.17) is 4.42 Å². The van der Waals surface area contributed by atoms with Crippen LogP contribution in [-0.4, -0.2) is 13.1 Å². The first-order chi connectivity index (χ1) is 9.51. The van der Waals surface area contributed by atoms with Crippen LogP contribution in [0, 0.1) is 11.6 Å². The maximum absolute atomic E-state index is 13.2. The van der Waals surface area contributed by atoms with Crippen LogP contribution in [0.3, 0.4) is 0 Å². The van der Waals surface area contributed by atoms with E-state index in [2.05, 4.69) is 4.74 Å². The van der Waals surface area contributed by atoms with Crippen molar-refractivity contribution in [2.24, 2.45) is 0 Å². The molecule has 3 nitrogen and oxygen atoms in total. The van der Waals surface area contributed by atoms with E-state index in [9.17, 15) is 13.6 Å². The van der Waals surface area contributed by atoms with Gasteiger partial charge < -0.3 is 9.15 Å². The molecule has 0 fully saturated rings. The third-order valence-corrected chi connectivity index (χ3v) is 2.73. The van der Waals surface area contributed by atoms with Gasteiger partial charge in [-0.2, -0.15) is 0 Å². The van der Waals surface area contributed by atoms with Gasteiger partial charge in [0, 0.05) is 11.6 Å². The van der Waals surface area contributed by atoms with Crippen molar-refractivity contribution in [3.63, 3.8) is 0 Å². The van der Waals surface area contributed by atoms with Crippen molar-refractivity contribution in [3.05, 3.63) is 53.8 Å². The van der Waals surface area contributed by atoms with Crippen LogP contribution >= 0.6 is 0 Å². The van der Waals surface area contributed by atoms with Gasteiger partial charge in [0.25, 0.3) is 0 Å². The summed E-state index contributed by atoms with van der Waals surface area (Å²) in [5, 5.41) is 0. The van der Waals surface area contributed by atoms with E-state index >= 15 is 0 Å². The Kier molecular flexibility index (Phi) is 3.98. The molecule has 0 spiro atoms. The molecule has 0 bridgehead atoms. The Balaban J connectivity index is 2.31. The molecule has 20 heavy (non-hydrogen) atoms. The molecular formula is C15H12F2O3. The lowest BCUT2D eigenvalue weighted by atomic mass is 10.1. The van der Waals surface area contributed by atoms with Gasteiger partial charge in [-0.15, -0.1) is 0 Å². The molecule has 0 unspecified atom stereocenters. The van der Waals surface area contributed by atoms with Crippen LogP contribution < -0.4 is 0 Å². The standard InChI is InChI=1S/C15H12F2O3/c1-9(7-15(18)19-2)13-5-6-14(20-13)10-3-4-11(16)12(17)8-10/h3-8H,1-2H3/b9-7+. The first-order valence-electron chi connectivity index (χ1n) is 5.83. The number of furan rings is 1. The number of carbonyl (C=O) groups excluding carboxylic acids is 1. The molecule has 0 amide bonds. The fourth-order valence-electron chi connectivity index (χ4n) is 1.66. The minimum absolute atomic E-state index is 0.386. The first kappa shape index (κ1) is 14.0. The number of hydrogen-bond acceptors (Lipinski definition) is 3. The van der Waals surface area contributed by atoms with E-state index in [1.807, 2.05) is 0 Å². The highest BCUT2D eigenvalue weighted by Gasteiger charge is 2.10.